The molecule has 1 N–H and O–H groups in total. The number of nitrogens with zero attached hydrogens (tertiary/aromatic N) is 2. The minimum Gasteiger partial charge on any atom is -0.273 e. The monoisotopic (exact) mass is 275 g/mol. The Morgan fingerprint density at radius 2 is 2.20 bits per heavy atom. The van der Waals surface area contributed by atoms with E-state index in [1.165, 1.54) is 12.3 Å². The number of carbonyl (C=O) groups is 1. The highest BCUT2D eigenvalue weighted by atomic mass is 16.6. The Hall–Kier alpha value is -2.50. The molecule has 1 amide bonds. The highest BCUT2D eigenvalue weighted by Crippen LogP contribution is 2.18. The van der Waals surface area contributed by atoms with Crippen LogP contribution in [0.3, 0.4) is 0 Å². The predicted octanol–water partition coefficient (Wildman–Crippen LogP) is 2.90. The van der Waals surface area contributed by atoms with Crippen LogP contribution in [0.25, 0.3) is 6.08 Å². The van der Waals surface area contributed by atoms with Gasteiger partial charge >= 0.3 is 0 Å². The van der Waals surface area contributed by atoms with Gasteiger partial charge in [0.25, 0.3) is 5.69 Å². The van der Waals surface area contributed by atoms with Crippen molar-refractivity contribution in [2.75, 3.05) is 0 Å². The van der Waals surface area contributed by atoms with E-state index >= 15 is 0 Å². The van der Waals surface area contributed by atoms with Crippen molar-refractivity contribution < 1.29 is 9.72 Å². The quantitative estimate of drug-likeness (QED) is 0.471. The average Bonchev–Trinajstić information content (AvgIpc) is 2.45. The number of para-hydroxylation sites is 1. The zero-order valence-electron chi connectivity index (χ0n) is 11.3. The molecule has 0 spiro atoms. The molecule has 0 aliphatic heterocycles. The predicted molar refractivity (Wildman–Crippen MR) is 78.3 cm³/mol. The maximum atomic E-state index is 11.2. The Labute approximate surface area is 117 Å². The van der Waals surface area contributed by atoms with Crippen LogP contribution >= 0.6 is 0 Å². The number of allylic oxidation sites excluding steroid dienone is 1. The van der Waals surface area contributed by atoms with Crippen LogP contribution in [0, 0.1) is 10.1 Å². The molecule has 0 bridgehead atoms. The number of hydrogen-bond acceptors (Lipinski definition) is 4. The third-order valence-electron chi connectivity index (χ3n) is 2.52. The summed E-state index contributed by atoms with van der Waals surface area (Å²) in [6.07, 6.45) is 6.73. The van der Waals surface area contributed by atoms with Crippen molar-refractivity contribution in [3.8, 4) is 0 Å². The van der Waals surface area contributed by atoms with E-state index in [1.807, 2.05) is 6.92 Å². The van der Waals surface area contributed by atoms with Crippen LogP contribution < -0.4 is 5.43 Å². The van der Waals surface area contributed by atoms with Crippen LogP contribution in [0.15, 0.2) is 35.4 Å². The molecular weight excluding hydrogens is 258 g/mol. The Bertz CT molecular complexity index is 524. The third-order valence-corrected chi connectivity index (χ3v) is 2.52. The maximum Gasteiger partial charge on any atom is 0.276 e. The highest BCUT2D eigenvalue weighted by molar-refractivity contribution is 5.82. The fraction of sp³-hybridized carbons (Fsp3) is 0.286. The number of nitro groups is 1. The standard InChI is InChI=1S/C14H17N3O3/c1-2-3-10-14(18)16-15-11-6-8-12-7-4-5-9-13(12)17(19)20/h4-9,11H,2-3,10H2,1H3,(H,16,18). The number of rotatable bonds is 7. The number of unbranched alkanes of at least 4 members (excludes halogenated alkanes) is 1. The molecule has 20 heavy (non-hydrogen) atoms. The van der Waals surface area contributed by atoms with Gasteiger partial charge in [-0.2, -0.15) is 5.10 Å². The molecule has 0 aliphatic rings. The minimum absolute atomic E-state index is 0.0316. The van der Waals surface area contributed by atoms with Gasteiger partial charge in [0.05, 0.1) is 10.5 Å². The summed E-state index contributed by atoms with van der Waals surface area (Å²) in [5, 5.41) is 14.5. The molecule has 1 aromatic carbocycles. The van der Waals surface area contributed by atoms with Crippen molar-refractivity contribution in [2.24, 2.45) is 5.10 Å². The van der Waals surface area contributed by atoms with Crippen molar-refractivity contribution in [1.29, 1.82) is 0 Å². The zero-order chi connectivity index (χ0) is 14.8. The molecular formula is C14H17N3O3. The molecule has 0 unspecified atom stereocenters. The number of nitro benzene ring substituents is 1. The summed E-state index contributed by atoms with van der Waals surface area (Å²) < 4.78 is 0. The fourth-order valence-electron chi connectivity index (χ4n) is 1.49. The lowest BCUT2D eigenvalue weighted by molar-refractivity contribution is -0.385. The molecule has 6 nitrogen and oxygen atoms in total. The minimum atomic E-state index is -0.441. The Balaban J connectivity index is 2.53. The number of hydrazone groups is 1. The maximum absolute atomic E-state index is 11.2. The summed E-state index contributed by atoms with van der Waals surface area (Å²) in [5.74, 6) is -0.137. The van der Waals surface area contributed by atoms with E-state index in [4.69, 9.17) is 0 Å². The van der Waals surface area contributed by atoms with E-state index in [0.717, 1.165) is 12.8 Å². The molecule has 1 aromatic rings. The largest absolute Gasteiger partial charge is 0.276 e. The van der Waals surface area contributed by atoms with E-state index in [2.05, 4.69) is 10.5 Å². The first-order valence-corrected chi connectivity index (χ1v) is 6.37. The van der Waals surface area contributed by atoms with E-state index in [1.54, 1.807) is 30.4 Å². The summed E-state index contributed by atoms with van der Waals surface area (Å²) in [5.41, 5.74) is 2.91. The van der Waals surface area contributed by atoms with Gasteiger partial charge in [-0.15, -0.1) is 0 Å². The van der Waals surface area contributed by atoms with Crippen molar-refractivity contribution >= 4 is 23.9 Å². The normalized spacial score (nSPS) is 11.1. The van der Waals surface area contributed by atoms with Crippen molar-refractivity contribution in [1.82, 2.24) is 5.43 Å². The van der Waals surface area contributed by atoms with Gasteiger partial charge in [0.15, 0.2) is 0 Å². The molecule has 0 saturated carbocycles. The van der Waals surface area contributed by atoms with Gasteiger partial charge in [-0.05, 0) is 24.6 Å². The number of carbonyl (C=O) groups excluding carboxylic acids is 1. The van der Waals surface area contributed by atoms with Crippen molar-refractivity contribution in [3.05, 3.63) is 46.0 Å². The summed E-state index contributed by atoms with van der Waals surface area (Å²) in [7, 11) is 0. The molecule has 0 aliphatic carbocycles. The zero-order valence-corrected chi connectivity index (χ0v) is 11.3. The summed E-state index contributed by atoms with van der Waals surface area (Å²) in [6.45, 7) is 2.01. The molecule has 0 saturated heterocycles. The molecule has 0 fully saturated rings. The van der Waals surface area contributed by atoms with Crippen LogP contribution in [0.5, 0.6) is 0 Å². The lowest BCUT2D eigenvalue weighted by atomic mass is 10.2. The number of amides is 1. The van der Waals surface area contributed by atoms with E-state index in [0.29, 0.717) is 12.0 Å². The smallest absolute Gasteiger partial charge is 0.273 e. The first kappa shape index (κ1) is 15.6. The number of nitrogens with one attached hydrogen (secondary N) is 1. The number of benzene rings is 1. The highest BCUT2D eigenvalue weighted by Gasteiger charge is 2.08. The second kappa shape index (κ2) is 8.58. The second-order valence-electron chi connectivity index (χ2n) is 4.09. The Morgan fingerprint density at radius 3 is 2.90 bits per heavy atom. The van der Waals surface area contributed by atoms with Crippen LogP contribution in [0.1, 0.15) is 31.7 Å². The van der Waals surface area contributed by atoms with Gasteiger partial charge in [0.2, 0.25) is 5.91 Å². The van der Waals surface area contributed by atoms with E-state index < -0.39 is 4.92 Å². The average molecular weight is 275 g/mol. The fourth-order valence-corrected chi connectivity index (χ4v) is 1.49. The lowest BCUT2D eigenvalue weighted by Crippen LogP contribution is -2.16. The van der Waals surface area contributed by atoms with Crippen LogP contribution in [-0.2, 0) is 4.79 Å². The van der Waals surface area contributed by atoms with Gasteiger partial charge in [0, 0.05) is 18.7 Å². The topological polar surface area (TPSA) is 84.6 Å². The van der Waals surface area contributed by atoms with Crippen LogP contribution in [-0.4, -0.2) is 17.0 Å². The van der Waals surface area contributed by atoms with Crippen molar-refractivity contribution in [3.63, 3.8) is 0 Å². The molecule has 1 rings (SSSR count). The molecule has 6 heteroatoms. The second-order valence-corrected chi connectivity index (χ2v) is 4.09. The third kappa shape index (κ3) is 5.43. The summed E-state index contributed by atoms with van der Waals surface area (Å²) in [6, 6.07) is 6.40. The molecule has 0 radical (unpaired) electrons. The molecule has 0 heterocycles. The van der Waals surface area contributed by atoms with Crippen LogP contribution in [0.2, 0.25) is 0 Å². The first-order valence-electron chi connectivity index (χ1n) is 6.37. The Morgan fingerprint density at radius 1 is 1.45 bits per heavy atom. The van der Waals surface area contributed by atoms with Crippen LogP contribution in [0.4, 0.5) is 5.69 Å². The first-order chi connectivity index (χ1) is 9.65. The summed E-state index contributed by atoms with van der Waals surface area (Å²) >= 11 is 0. The SMILES string of the molecule is CCCCC(=O)NN=CC=Cc1ccccc1[N+](=O)[O-]. The molecule has 106 valence electrons. The van der Waals surface area contributed by atoms with Gasteiger partial charge in [-0.25, -0.2) is 5.43 Å². The Kier molecular flexibility index (Phi) is 6.67. The van der Waals surface area contributed by atoms with Gasteiger partial charge in [-0.3, -0.25) is 14.9 Å². The van der Waals surface area contributed by atoms with E-state index in [9.17, 15) is 14.9 Å². The van der Waals surface area contributed by atoms with Gasteiger partial charge in [-0.1, -0.05) is 25.5 Å². The number of hydrogen-bond donors (Lipinski definition) is 1. The van der Waals surface area contributed by atoms with E-state index in [-0.39, 0.29) is 11.6 Å². The van der Waals surface area contributed by atoms with Crippen molar-refractivity contribution in [2.45, 2.75) is 26.2 Å². The van der Waals surface area contributed by atoms with Gasteiger partial charge < -0.3 is 0 Å². The molecule has 0 atom stereocenters. The van der Waals surface area contributed by atoms with Gasteiger partial charge in [0.1, 0.15) is 0 Å². The summed E-state index contributed by atoms with van der Waals surface area (Å²) in [4.78, 5) is 21.6. The lowest BCUT2D eigenvalue weighted by Gasteiger charge is -1.96. The molecule has 0 aromatic heterocycles.